The van der Waals surface area contributed by atoms with Gasteiger partial charge in [0.25, 0.3) is 5.91 Å². The van der Waals surface area contributed by atoms with E-state index in [2.05, 4.69) is 10.2 Å². The van der Waals surface area contributed by atoms with Crippen molar-refractivity contribution in [2.24, 2.45) is 19.8 Å². The highest BCUT2D eigenvalue weighted by atomic mass is 16.6. The molecular weight excluding hydrogens is 574 g/mol. The van der Waals surface area contributed by atoms with Crippen LogP contribution in [-0.4, -0.2) is 122 Å². The van der Waals surface area contributed by atoms with E-state index >= 15 is 0 Å². The lowest BCUT2D eigenvalue weighted by atomic mass is 10.2. The third kappa shape index (κ3) is 9.25. The van der Waals surface area contributed by atoms with Crippen LogP contribution < -0.4 is 15.5 Å². The predicted molar refractivity (Wildman–Crippen MR) is 162 cm³/mol. The van der Waals surface area contributed by atoms with Crippen molar-refractivity contribution in [1.29, 1.82) is 0 Å². The van der Waals surface area contributed by atoms with Gasteiger partial charge in [0.15, 0.2) is 11.6 Å². The zero-order valence-electron chi connectivity index (χ0n) is 26.9. The maximum absolute atomic E-state index is 12.0. The Labute approximate surface area is 257 Å². The Hall–Kier alpha value is -4.50. The maximum atomic E-state index is 12.0. The highest BCUT2D eigenvalue weighted by molar-refractivity contribution is 5.92. The van der Waals surface area contributed by atoms with Crippen molar-refractivity contribution in [2.45, 2.75) is 52.7 Å². The van der Waals surface area contributed by atoms with E-state index in [1.807, 2.05) is 51.3 Å². The van der Waals surface area contributed by atoms with E-state index in [-0.39, 0.29) is 17.9 Å². The number of aromatic carboxylic acids is 1. The molecule has 2 fully saturated rings. The van der Waals surface area contributed by atoms with Gasteiger partial charge in [-0.2, -0.15) is 10.2 Å². The van der Waals surface area contributed by atoms with Crippen LogP contribution in [0.3, 0.4) is 0 Å². The minimum Gasteiger partial charge on any atom is -0.477 e. The number of nitrogens with two attached hydrogens (primary N) is 1. The Morgan fingerprint density at radius 3 is 1.30 bits per heavy atom. The van der Waals surface area contributed by atoms with Crippen molar-refractivity contribution in [3.63, 3.8) is 0 Å². The first-order valence-corrected chi connectivity index (χ1v) is 14.4. The molecule has 3 amide bonds. The number of anilines is 2. The first-order valence-electron chi connectivity index (χ1n) is 14.4. The number of hydrogen-bond donors (Lipinski definition) is 2. The van der Waals surface area contributed by atoms with Gasteiger partial charge in [0.05, 0.1) is 0 Å². The topological polar surface area (TPSA) is 182 Å². The minimum absolute atomic E-state index is 0.143. The van der Waals surface area contributed by atoms with Crippen molar-refractivity contribution >= 4 is 35.7 Å². The number of carbonyl (C=O) groups is 4. The Balaban J connectivity index is 0.000000240. The standard InChI is InChI=1S/C14H23N5O3.C14H22N4O4/c1-14(2,3)22-13(21)19-7-5-18(6-8-19)11-9-10(12(15)20)17(4)16-11;1-14(2,3)22-13(21)18-7-5-17(6-8-18)11-9-10(12(19)20)16(4)15-11/h9H,5-8H2,1-4H3,(H2,15,20);9H,5-8H2,1-4H3,(H,19,20). The van der Waals surface area contributed by atoms with Crippen molar-refractivity contribution in [2.75, 3.05) is 62.2 Å². The average Bonchev–Trinajstić information content (AvgIpc) is 3.50. The lowest BCUT2D eigenvalue weighted by molar-refractivity contribution is 0.0230. The molecule has 0 radical (unpaired) electrons. The average molecular weight is 620 g/mol. The Bertz CT molecular complexity index is 1240. The van der Waals surface area contributed by atoms with Crippen LogP contribution in [0.25, 0.3) is 0 Å². The quantitative estimate of drug-likeness (QED) is 0.509. The molecule has 2 aliphatic heterocycles. The van der Waals surface area contributed by atoms with E-state index in [0.717, 1.165) is 0 Å². The normalized spacial score (nSPS) is 15.8. The van der Waals surface area contributed by atoms with Gasteiger partial charge >= 0.3 is 18.2 Å². The molecule has 4 rings (SSSR count). The monoisotopic (exact) mass is 619 g/mol. The van der Waals surface area contributed by atoms with Gasteiger partial charge in [0.2, 0.25) is 0 Å². The molecule has 4 heterocycles. The summed E-state index contributed by atoms with van der Waals surface area (Å²) in [5.74, 6) is -0.203. The Morgan fingerprint density at radius 2 is 1.02 bits per heavy atom. The number of rotatable bonds is 4. The first kappa shape index (κ1) is 34.0. The second kappa shape index (κ2) is 13.4. The molecule has 0 bridgehead atoms. The van der Waals surface area contributed by atoms with Crippen molar-refractivity contribution in [1.82, 2.24) is 29.4 Å². The molecular formula is C28H45N9O7. The number of carboxylic acids is 1. The van der Waals surface area contributed by atoms with Gasteiger partial charge in [-0.05, 0) is 41.5 Å². The summed E-state index contributed by atoms with van der Waals surface area (Å²) in [5, 5.41) is 17.6. The van der Waals surface area contributed by atoms with Crippen LogP contribution in [0.5, 0.6) is 0 Å². The lowest BCUT2D eigenvalue weighted by Gasteiger charge is -2.35. The number of carboxylic acid groups (broad SMARTS) is 1. The second-order valence-electron chi connectivity index (χ2n) is 12.6. The molecule has 0 spiro atoms. The summed E-state index contributed by atoms with van der Waals surface area (Å²) in [7, 11) is 3.28. The third-order valence-corrected chi connectivity index (χ3v) is 6.72. The molecule has 2 aliphatic rings. The molecule has 0 atom stereocenters. The zero-order valence-corrected chi connectivity index (χ0v) is 26.9. The zero-order chi connectivity index (χ0) is 33.0. The Morgan fingerprint density at radius 1 is 0.682 bits per heavy atom. The summed E-state index contributed by atoms with van der Waals surface area (Å²) in [5.41, 5.74) is 4.80. The fourth-order valence-electron chi connectivity index (χ4n) is 4.53. The number of hydrogen-bond acceptors (Lipinski definition) is 10. The fourth-order valence-corrected chi connectivity index (χ4v) is 4.53. The summed E-state index contributed by atoms with van der Waals surface area (Å²) in [6.07, 6.45) is -0.620. The van der Waals surface area contributed by atoms with Crippen LogP contribution in [0.2, 0.25) is 0 Å². The number of aromatic nitrogens is 4. The number of amides is 3. The molecule has 0 aromatic carbocycles. The summed E-state index contributed by atoms with van der Waals surface area (Å²) < 4.78 is 13.5. The number of aryl methyl sites for hydroxylation is 2. The van der Waals surface area contributed by atoms with Gasteiger partial charge < -0.3 is 39.9 Å². The number of ether oxygens (including phenoxy) is 2. The van der Waals surface area contributed by atoms with E-state index < -0.39 is 23.1 Å². The van der Waals surface area contributed by atoms with E-state index in [1.165, 1.54) is 9.36 Å². The highest BCUT2D eigenvalue weighted by Crippen LogP contribution is 2.19. The number of carbonyl (C=O) groups excluding carboxylic acids is 3. The molecule has 16 nitrogen and oxygen atoms in total. The van der Waals surface area contributed by atoms with Crippen LogP contribution in [0.4, 0.5) is 21.2 Å². The highest BCUT2D eigenvalue weighted by Gasteiger charge is 2.29. The van der Waals surface area contributed by atoms with Crippen LogP contribution in [0.15, 0.2) is 12.1 Å². The molecule has 0 aliphatic carbocycles. The molecule has 0 unspecified atom stereocenters. The molecule has 2 saturated heterocycles. The number of primary amides is 1. The molecule has 2 aromatic rings. The first-order chi connectivity index (χ1) is 20.3. The van der Waals surface area contributed by atoms with E-state index in [1.54, 1.807) is 36.0 Å². The van der Waals surface area contributed by atoms with Gasteiger partial charge in [-0.3, -0.25) is 14.2 Å². The minimum atomic E-state index is -1.01. The SMILES string of the molecule is Cn1nc(N2CCN(C(=O)OC(C)(C)C)CC2)cc1C(=O)O.Cn1nc(N2CCN(C(=O)OC(C)(C)C)CC2)cc1C(N)=O. The van der Waals surface area contributed by atoms with E-state index in [0.29, 0.717) is 69.7 Å². The van der Waals surface area contributed by atoms with Crippen LogP contribution >= 0.6 is 0 Å². The summed E-state index contributed by atoms with van der Waals surface area (Å²) in [6.45, 7) is 15.7. The van der Waals surface area contributed by atoms with E-state index in [9.17, 15) is 19.2 Å². The van der Waals surface area contributed by atoms with Gasteiger partial charge in [0, 0.05) is 78.6 Å². The van der Waals surface area contributed by atoms with Gasteiger partial charge in [0.1, 0.15) is 22.6 Å². The largest absolute Gasteiger partial charge is 0.477 e. The molecule has 244 valence electrons. The Kier molecular flexibility index (Phi) is 10.4. The van der Waals surface area contributed by atoms with Crippen LogP contribution in [0, 0.1) is 0 Å². The smallest absolute Gasteiger partial charge is 0.410 e. The van der Waals surface area contributed by atoms with Crippen molar-refractivity contribution in [3.8, 4) is 0 Å². The summed E-state index contributed by atoms with van der Waals surface area (Å²) in [4.78, 5) is 53.6. The molecule has 16 heteroatoms. The second-order valence-corrected chi connectivity index (χ2v) is 12.6. The summed E-state index contributed by atoms with van der Waals surface area (Å²) in [6, 6.07) is 3.22. The van der Waals surface area contributed by atoms with Crippen LogP contribution in [-0.2, 0) is 23.6 Å². The van der Waals surface area contributed by atoms with Crippen molar-refractivity contribution < 1.29 is 33.8 Å². The van der Waals surface area contributed by atoms with Crippen LogP contribution in [0.1, 0.15) is 62.5 Å². The van der Waals surface area contributed by atoms with Gasteiger partial charge in [-0.1, -0.05) is 0 Å². The molecule has 2 aromatic heterocycles. The van der Waals surface area contributed by atoms with Crippen molar-refractivity contribution in [3.05, 3.63) is 23.5 Å². The summed E-state index contributed by atoms with van der Waals surface area (Å²) >= 11 is 0. The van der Waals surface area contributed by atoms with Gasteiger partial charge in [-0.25, -0.2) is 14.4 Å². The fraction of sp³-hybridized carbons (Fsp3) is 0.643. The predicted octanol–water partition coefficient (Wildman–Crippen LogP) is 1.75. The number of piperazine rings is 2. The molecule has 0 saturated carbocycles. The van der Waals surface area contributed by atoms with Gasteiger partial charge in [-0.15, -0.1) is 0 Å². The molecule has 3 N–H and O–H groups in total. The molecule has 44 heavy (non-hydrogen) atoms. The lowest BCUT2D eigenvalue weighted by Crippen LogP contribution is -2.50. The number of nitrogens with zero attached hydrogens (tertiary/aromatic N) is 8. The van der Waals surface area contributed by atoms with E-state index in [4.69, 9.17) is 20.3 Å². The third-order valence-electron chi connectivity index (χ3n) is 6.72. The maximum Gasteiger partial charge on any atom is 0.410 e.